The maximum atomic E-state index is 5.46. The summed E-state index contributed by atoms with van der Waals surface area (Å²) < 4.78 is 2.98. The monoisotopic (exact) mass is 247 g/mol. The van der Waals surface area contributed by atoms with Gasteiger partial charge in [0.2, 0.25) is 0 Å². The molecule has 0 bridgehead atoms. The van der Waals surface area contributed by atoms with Crippen molar-refractivity contribution in [2.45, 2.75) is 39.2 Å². The first kappa shape index (κ1) is 11.0. The Labute approximate surface area is 106 Å². The first-order valence-corrected chi connectivity index (χ1v) is 6.50. The molecular weight excluding hydrogens is 230 g/mol. The van der Waals surface area contributed by atoms with Crippen LogP contribution in [0.1, 0.15) is 32.4 Å². The Hall–Kier alpha value is -1.16. The Morgan fingerprint density at radius 2 is 2.12 bits per heavy atom. The van der Waals surface area contributed by atoms with Crippen molar-refractivity contribution in [3.63, 3.8) is 0 Å². The molecule has 3 nitrogen and oxygen atoms in total. The molecule has 1 N–H and O–H groups in total. The highest BCUT2D eigenvalue weighted by atomic mass is 32.1. The smallest absolute Gasteiger partial charge is 0.179 e. The van der Waals surface area contributed by atoms with Crippen LogP contribution >= 0.6 is 12.2 Å². The van der Waals surface area contributed by atoms with Crippen molar-refractivity contribution in [3.05, 3.63) is 22.6 Å². The fourth-order valence-corrected chi connectivity index (χ4v) is 3.02. The number of rotatable bonds is 2. The molecule has 1 saturated carbocycles. The third-order valence-corrected chi connectivity index (χ3v) is 4.11. The number of nitrogens with one attached hydrogen (secondary N) is 1. The lowest BCUT2D eigenvalue weighted by atomic mass is 9.98. The van der Waals surface area contributed by atoms with Gasteiger partial charge in [0.05, 0.1) is 5.52 Å². The van der Waals surface area contributed by atoms with Gasteiger partial charge in [0.25, 0.3) is 0 Å². The van der Waals surface area contributed by atoms with Crippen LogP contribution in [-0.4, -0.2) is 14.5 Å². The molecule has 1 aliphatic carbocycles. The van der Waals surface area contributed by atoms with Crippen molar-refractivity contribution in [3.8, 4) is 0 Å². The van der Waals surface area contributed by atoms with Gasteiger partial charge in [0, 0.05) is 11.2 Å². The quantitative estimate of drug-likeness (QED) is 0.823. The van der Waals surface area contributed by atoms with Gasteiger partial charge in [-0.1, -0.05) is 0 Å². The van der Waals surface area contributed by atoms with Crippen LogP contribution in [-0.2, 0) is 5.54 Å². The van der Waals surface area contributed by atoms with E-state index in [-0.39, 0.29) is 5.54 Å². The summed E-state index contributed by atoms with van der Waals surface area (Å²) in [6, 6.07) is 4.08. The molecule has 0 spiro atoms. The number of H-pyrrole nitrogens is 1. The molecule has 1 aliphatic rings. The molecule has 2 aromatic heterocycles. The molecule has 0 aromatic carbocycles. The highest BCUT2D eigenvalue weighted by Crippen LogP contribution is 2.44. The second-order valence-electron chi connectivity index (χ2n) is 5.52. The minimum Gasteiger partial charge on any atom is -0.329 e. The summed E-state index contributed by atoms with van der Waals surface area (Å²) in [5.41, 5.74) is 3.13. The average molecular weight is 247 g/mol. The second kappa shape index (κ2) is 3.42. The molecule has 0 saturated heterocycles. The third-order valence-electron chi connectivity index (χ3n) is 3.82. The van der Waals surface area contributed by atoms with E-state index < -0.39 is 0 Å². The topological polar surface area (TPSA) is 33.6 Å². The predicted octanol–water partition coefficient (Wildman–Crippen LogP) is 3.55. The Kier molecular flexibility index (Phi) is 2.20. The minimum absolute atomic E-state index is 0.0656. The summed E-state index contributed by atoms with van der Waals surface area (Å²) >= 11 is 5.46. The van der Waals surface area contributed by atoms with Crippen molar-refractivity contribution in [1.29, 1.82) is 0 Å². The lowest BCUT2D eigenvalue weighted by molar-refractivity contribution is 0.308. The molecule has 3 rings (SSSR count). The molecule has 2 aromatic rings. The Balaban J connectivity index is 2.31. The van der Waals surface area contributed by atoms with Gasteiger partial charge in [-0.25, -0.2) is 4.98 Å². The Morgan fingerprint density at radius 1 is 1.41 bits per heavy atom. The highest BCUT2D eigenvalue weighted by Gasteiger charge is 2.40. The normalized spacial score (nSPS) is 16.6. The zero-order valence-corrected chi connectivity index (χ0v) is 11.3. The zero-order chi connectivity index (χ0) is 12.2. The molecule has 0 radical (unpaired) electrons. The summed E-state index contributed by atoms with van der Waals surface area (Å²) in [6.45, 7) is 6.54. The molecule has 90 valence electrons. The van der Waals surface area contributed by atoms with Crippen molar-refractivity contribution >= 4 is 23.4 Å². The van der Waals surface area contributed by atoms with Gasteiger partial charge in [0.1, 0.15) is 0 Å². The van der Waals surface area contributed by atoms with Crippen LogP contribution in [0.5, 0.6) is 0 Å². The van der Waals surface area contributed by atoms with E-state index in [2.05, 4.69) is 34.4 Å². The van der Waals surface area contributed by atoms with E-state index >= 15 is 0 Å². The SMILES string of the molecule is Cc1ccc2[nH]c(=S)n(C(C)(C)C3CC3)c2n1. The third kappa shape index (κ3) is 1.62. The first-order chi connectivity index (χ1) is 8.00. The standard InChI is InChI=1S/C13H17N3S/c1-8-4-7-10-11(14-8)16(12(17)15-10)13(2,3)9-5-6-9/h4,7,9H,5-6H2,1-3H3,(H,15,17). The molecule has 4 heteroatoms. The van der Waals surface area contributed by atoms with Gasteiger partial charge in [-0.05, 0) is 63.9 Å². The number of aromatic nitrogens is 3. The zero-order valence-electron chi connectivity index (χ0n) is 10.4. The summed E-state index contributed by atoms with van der Waals surface area (Å²) in [5.74, 6) is 0.732. The van der Waals surface area contributed by atoms with E-state index in [1.165, 1.54) is 12.8 Å². The lowest BCUT2D eigenvalue weighted by Gasteiger charge is -2.26. The van der Waals surface area contributed by atoms with Gasteiger partial charge in [-0.15, -0.1) is 0 Å². The van der Waals surface area contributed by atoms with E-state index in [9.17, 15) is 0 Å². The van der Waals surface area contributed by atoms with Gasteiger partial charge in [-0.2, -0.15) is 0 Å². The number of imidazole rings is 1. The second-order valence-corrected chi connectivity index (χ2v) is 5.90. The van der Waals surface area contributed by atoms with Crippen molar-refractivity contribution < 1.29 is 0 Å². The fraction of sp³-hybridized carbons (Fsp3) is 0.538. The number of aryl methyl sites for hydroxylation is 1. The predicted molar refractivity (Wildman–Crippen MR) is 71.7 cm³/mol. The Morgan fingerprint density at radius 3 is 2.76 bits per heavy atom. The molecule has 17 heavy (non-hydrogen) atoms. The largest absolute Gasteiger partial charge is 0.329 e. The number of hydrogen-bond donors (Lipinski definition) is 1. The van der Waals surface area contributed by atoms with Crippen LogP contribution < -0.4 is 0 Å². The van der Waals surface area contributed by atoms with Crippen molar-refractivity contribution in [2.75, 3.05) is 0 Å². The molecule has 0 atom stereocenters. The number of pyridine rings is 1. The molecule has 2 heterocycles. The van der Waals surface area contributed by atoms with Gasteiger partial charge in [0.15, 0.2) is 10.4 Å². The number of hydrogen-bond acceptors (Lipinski definition) is 2. The van der Waals surface area contributed by atoms with Crippen molar-refractivity contribution in [2.24, 2.45) is 5.92 Å². The first-order valence-electron chi connectivity index (χ1n) is 6.09. The van der Waals surface area contributed by atoms with Crippen LogP contribution in [0.25, 0.3) is 11.2 Å². The number of aromatic amines is 1. The lowest BCUT2D eigenvalue weighted by Crippen LogP contribution is -2.29. The minimum atomic E-state index is 0.0656. The molecule has 0 unspecified atom stereocenters. The van der Waals surface area contributed by atoms with Gasteiger partial charge >= 0.3 is 0 Å². The van der Waals surface area contributed by atoms with E-state index in [1.54, 1.807) is 0 Å². The number of nitrogens with zero attached hydrogens (tertiary/aromatic N) is 2. The maximum absolute atomic E-state index is 5.46. The summed E-state index contributed by atoms with van der Waals surface area (Å²) in [4.78, 5) is 7.90. The number of fused-ring (bicyclic) bond motifs is 1. The van der Waals surface area contributed by atoms with Crippen LogP contribution in [0.4, 0.5) is 0 Å². The van der Waals surface area contributed by atoms with Gasteiger partial charge < -0.3 is 4.98 Å². The maximum Gasteiger partial charge on any atom is 0.179 e. The van der Waals surface area contributed by atoms with E-state index in [0.29, 0.717) is 0 Å². The fourth-order valence-electron chi connectivity index (χ4n) is 2.59. The Bertz CT molecular complexity index is 632. The van der Waals surface area contributed by atoms with Crippen LogP contribution in [0.3, 0.4) is 0 Å². The van der Waals surface area contributed by atoms with E-state index in [1.807, 2.05) is 13.0 Å². The average Bonchev–Trinajstić information content (AvgIpc) is 3.02. The molecule has 1 fully saturated rings. The van der Waals surface area contributed by atoms with Crippen LogP contribution in [0.2, 0.25) is 0 Å². The van der Waals surface area contributed by atoms with Crippen LogP contribution in [0.15, 0.2) is 12.1 Å². The highest BCUT2D eigenvalue weighted by molar-refractivity contribution is 7.71. The van der Waals surface area contributed by atoms with E-state index in [0.717, 1.165) is 27.5 Å². The van der Waals surface area contributed by atoms with Crippen LogP contribution in [0, 0.1) is 17.6 Å². The van der Waals surface area contributed by atoms with Crippen molar-refractivity contribution in [1.82, 2.24) is 14.5 Å². The molecular formula is C13H17N3S. The molecule has 0 aliphatic heterocycles. The summed E-state index contributed by atoms with van der Waals surface area (Å²) in [6.07, 6.45) is 2.60. The summed E-state index contributed by atoms with van der Waals surface area (Å²) in [7, 11) is 0. The molecule has 0 amide bonds. The summed E-state index contributed by atoms with van der Waals surface area (Å²) in [5, 5.41) is 0. The van der Waals surface area contributed by atoms with Gasteiger partial charge in [-0.3, -0.25) is 4.57 Å². The van der Waals surface area contributed by atoms with E-state index in [4.69, 9.17) is 12.2 Å².